The molecule has 1 aromatic heterocycles. The van der Waals surface area contributed by atoms with Gasteiger partial charge in [0, 0.05) is 0 Å². The summed E-state index contributed by atoms with van der Waals surface area (Å²) in [5.41, 5.74) is 4.03. The van der Waals surface area contributed by atoms with Crippen LogP contribution in [0.4, 0.5) is 0 Å². The molecule has 0 atom stereocenters. The molecule has 3 rings (SSSR count). The van der Waals surface area contributed by atoms with Crippen LogP contribution in [-0.4, -0.2) is 9.97 Å². The van der Waals surface area contributed by atoms with Crippen LogP contribution >= 0.6 is 0 Å². The van der Waals surface area contributed by atoms with Gasteiger partial charge in [0.15, 0.2) is 0 Å². The Balaban J connectivity index is 2.28. The van der Waals surface area contributed by atoms with Crippen molar-refractivity contribution < 1.29 is 0 Å². The smallest absolute Gasteiger partial charge is 0.258 e. The number of rotatable bonds is 1. The van der Waals surface area contributed by atoms with E-state index in [4.69, 9.17) is 0 Å². The molecule has 0 bridgehead atoms. The number of aromatic amines is 1. The molecule has 0 amide bonds. The number of aryl methyl sites for hydroxylation is 2. The lowest BCUT2D eigenvalue weighted by Gasteiger charge is -2.07. The molecule has 0 aliphatic heterocycles. The van der Waals surface area contributed by atoms with E-state index in [2.05, 4.69) is 29.0 Å². The molecular weight excluding hydrogens is 236 g/mol. The van der Waals surface area contributed by atoms with Gasteiger partial charge in [-0.25, -0.2) is 4.98 Å². The fourth-order valence-electron chi connectivity index (χ4n) is 2.32. The third-order valence-corrected chi connectivity index (χ3v) is 3.28. The molecule has 2 aromatic carbocycles. The second kappa shape index (κ2) is 4.35. The number of nitrogens with one attached hydrogen (secondary N) is 1. The van der Waals surface area contributed by atoms with Gasteiger partial charge in [-0.3, -0.25) is 4.79 Å². The van der Waals surface area contributed by atoms with Crippen molar-refractivity contribution in [1.29, 1.82) is 0 Å². The van der Waals surface area contributed by atoms with Crippen molar-refractivity contribution in [3.63, 3.8) is 0 Å². The Hall–Kier alpha value is -2.42. The third kappa shape index (κ3) is 2.03. The van der Waals surface area contributed by atoms with Crippen molar-refractivity contribution in [3.05, 3.63) is 64.2 Å². The summed E-state index contributed by atoms with van der Waals surface area (Å²) in [4.78, 5) is 19.1. The lowest BCUT2D eigenvalue weighted by molar-refractivity contribution is 1.06. The number of fused-ring (bicyclic) bond motifs is 1. The quantitative estimate of drug-likeness (QED) is 0.720. The van der Waals surface area contributed by atoms with E-state index in [1.54, 1.807) is 6.92 Å². The van der Waals surface area contributed by atoms with Gasteiger partial charge in [-0.2, -0.15) is 0 Å². The minimum atomic E-state index is -0.0852. The van der Waals surface area contributed by atoms with Crippen molar-refractivity contribution in [1.82, 2.24) is 9.97 Å². The molecule has 0 aliphatic carbocycles. The molecule has 1 heterocycles. The minimum Gasteiger partial charge on any atom is -0.310 e. The lowest BCUT2D eigenvalue weighted by Crippen LogP contribution is -2.09. The molecule has 0 unspecified atom stereocenters. The molecule has 0 saturated carbocycles. The minimum absolute atomic E-state index is 0.0852. The predicted molar refractivity (Wildman–Crippen MR) is 77.3 cm³/mol. The number of nitrogens with zero attached hydrogens (tertiary/aromatic N) is 1. The van der Waals surface area contributed by atoms with Crippen LogP contribution in [0.1, 0.15) is 11.4 Å². The second-order valence-corrected chi connectivity index (χ2v) is 4.70. The van der Waals surface area contributed by atoms with E-state index in [0.717, 1.165) is 16.6 Å². The second-order valence-electron chi connectivity index (χ2n) is 4.70. The first-order chi connectivity index (χ1) is 9.15. The molecule has 0 spiro atoms. The molecular formula is C16H14N2O. The van der Waals surface area contributed by atoms with Crippen molar-refractivity contribution in [2.45, 2.75) is 13.8 Å². The molecule has 94 valence electrons. The standard InChI is InChI=1S/C16H14N2O/c1-10-5-3-4-6-13(10)12-7-8-15-14(9-12)16(19)18-11(2)17-15/h3-9H,1-2H3,(H,17,18,19). The molecule has 1 N–H and O–H groups in total. The van der Waals surface area contributed by atoms with Gasteiger partial charge in [0.25, 0.3) is 5.56 Å². The summed E-state index contributed by atoms with van der Waals surface area (Å²) in [6, 6.07) is 14.0. The molecule has 19 heavy (non-hydrogen) atoms. The van der Waals surface area contributed by atoms with Gasteiger partial charge >= 0.3 is 0 Å². The first-order valence-electron chi connectivity index (χ1n) is 6.22. The molecule has 0 saturated heterocycles. The maximum atomic E-state index is 12.0. The van der Waals surface area contributed by atoms with Crippen LogP contribution in [0.15, 0.2) is 47.3 Å². The summed E-state index contributed by atoms with van der Waals surface area (Å²) in [5.74, 6) is 0.640. The zero-order chi connectivity index (χ0) is 13.4. The van der Waals surface area contributed by atoms with E-state index in [1.807, 2.05) is 30.3 Å². The van der Waals surface area contributed by atoms with Gasteiger partial charge in [0.2, 0.25) is 0 Å². The van der Waals surface area contributed by atoms with Gasteiger partial charge in [0.05, 0.1) is 10.9 Å². The van der Waals surface area contributed by atoms with E-state index in [1.165, 1.54) is 5.56 Å². The normalized spacial score (nSPS) is 10.8. The SMILES string of the molecule is Cc1nc2ccc(-c3ccccc3C)cc2c(=O)[nH]1. The summed E-state index contributed by atoms with van der Waals surface area (Å²) >= 11 is 0. The Labute approximate surface area is 111 Å². The van der Waals surface area contributed by atoms with E-state index in [-0.39, 0.29) is 5.56 Å². The number of hydrogen-bond acceptors (Lipinski definition) is 2. The average molecular weight is 250 g/mol. The Morgan fingerprint density at radius 3 is 2.63 bits per heavy atom. The summed E-state index contributed by atoms with van der Waals surface area (Å²) in [7, 11) is 0. The highest BCUT2D eigenvalue weighted by Crippen LogP contribution is 2.24. The van der Waals surface area contributed by atoms with E-state index < -0.39 is 0 Å². The lowest BCUT2D eigenvalue weighted by atomic mass is 9.99. The van der Waals surface area contributed by atoms with Gasteiger partial charge in [-0.15, -0.1) is 0 Å². The Kier molecular flexibility index (Phi) is 2.67. The fraction of sp³-hybridized carbons (Fsp3) is 0.125. The van der Waals surface area contributed by atoms with Crippen LogP contribution in [0.3, 0.4) is 0 Å². The zero-order valence-electron chi connectivity index (χ0n) is 10.9. The fourth-order valence-corrected chi connectivity index (χ4v) is 2.32. The zero-order valence-corrected chi connectivity index (χ0v) is 10.9. The largest absolute Gasteiger partial charge is 0.310 e. The molecule has 3 nitrogen and oxygen atoms in total. The number of H-pyrrole nitrogens is 1. The number of benzene rings is 2. The number of aromatic nitrogens is 2. The monoisotopic (exact) mass is 250 g/mol. The first kappa shape index (κ1) is 11.7. The molecule has 0 aliphatic rings. The van der Waals surface area contributed by atoms with Gasteiger partial charge < -0.3 is 4.98 Å². The number of hydrogen-bond donors (Lipinski definition) is 1. The summed E-state index contributed by atoms with van der Waals surface area (Å²) < 4.78 is 0. The summed E-state index contributed by atoms with van der Waals surface area (Å²) in [6.07, 6.45) is 0. The van der Waals surface area contributed by atoms with E-state index in [9.17, 15) is 4.79 Å². The van der Waals surface area contributed by atoms with Gasteiger partial charge in [-0.1, -0.05) is 30.3 Å². The van der Waals surface area contributed by atoms with Crippen molar-refractivity contribution >= 4 is 10.9 Å². The molecule has 3 aromatic rings. The molecule has 0 radical (unpaired) electrons. The topological polar surface area (TPSA) is 45.8 Å². The highest BCUT2D eigenvalue weighted by Gasteiger charge is 2.06. The van der Waals surface area contributed by atoms with Gasteiger partial charge in [0.1, 0.15) is 5.82 Å². The van der Waals surface area contributed by atoms with E-state index in [0.29, 0.717) is 11.2 Å². The van der Waals surface area contributed by atoms with Crippen LogP contribution in [-0.2, 0) is 0 Å². The average Bonchev–Trinajstić information content (AvgIpc) is 2.39. The van der Waals surface area contributed by atoms with Crippen LogP contribution < -0.4 is 5.56 Å². The Morgan fingerprint density at radius 1 is 1.05 bits per heavy atom. The summed E-state index contributed by atoms with van der Waals surface area (Å²) in [6.45, 7) is 3.85. The van der Waals surface area contributed by atoms with Crippen LogP contribution in [0.25, 0.3) is 22.0 Å². The van der Waals surface area contributed by atoms with Crippen molar-refractivity contribution in [3.8, 4) is 11.1 Å². The van der Waals surface area contributed by atoms with E-state index >= 15 is 0 Å². The van der Waals surface area contributed by atoms with Gasteiger partial charge in [-0.05, 0) is 42.7 Å². The highest BCUT2D eigenvalue weighted by atomic mass is 16.1. The van der Waals surface area contributed by atoms with Crippen molar-refractivity contribution in [2.24, 2.45) is 0 Å². The maximum absolute atomic E-state index is 12.0. The Bertz CT molecular complexity index is 818. The maximum Gasteiger partial charge on any atom is 0.258 e. The Morgan fingerprint density at radius 2 is 1.84 bits per heavy atom. The van der Waals surface area contributed by atoms with Crippen LogP contribution in [0, 0.1) is 13.8 Å². The van der Waals surface area contributed by atoms with Crippen molar-refractivity contribution in [2.75, 3.05) is 0 Å². The van der Waals surface area contributed by atoms with Crippen LogP contribution in [0.5, 0.6) is 0 Å². The van der Waals surface area contributed by atoms with Crippen LogP contribution in [0.2, 0.25) is 0 Å². The predicted octanol–water partition coefficient (Wildman–Crippen LogP) is 3.21. The third-order valence-electron chi connectivity index (χ3n) is 3.28. The molecule has 3 heteroatoms. The molecule has 0 fully saturated rings. The summed E-state index contributed by atoms with van der Waals surface area (Å²) in [5, 5.41) is 0.631. The first-order valence-corrected chi connectivity index (χ1v) is 6.22. The highest BCUT2D eigenvalue weighted by molar-refractivity contribution is 5.84.